The first-order valence-corrected chi connectivity index (χ1v) is 8.92. The Bertz CT molecular complexity index is 747. The number of carbonyl (C=O) groups is 1. The summed E-state index contributed by atoms with van der Waals surface area (Å²) < 4.78 is 7.29. The fraction of sp³-hybridized carbons (Fsp3) is 0.500. The lowest BCUT2D eigenvalue weighted by Crippen LogP contribution is -2.30. The average Bonchev–Trinajstić information content (AvgIpc) is 2.98. The number of rotatable bonds is 8. The molecule has 0 saturated heterocycles. The van der Waals surface area contributed by atoms with Gasteiger partial charge in [-0.1, -0.05) is 19.1 Å². The standard InChI is InChI=1S/C20H29N3O3/c1-6-10-22(14-18(24)25)12-16-13-23(20(2,3)4)21-19(16)15-8-7-9-17(11-15)26-5/h7-9,11,13H,6,10,12,14H2,1-5H3,(H,24,25). The van der Waals surface area contributed by atoms with Crippen LogP contribution < -0.4 is 4.74 Å². The summed E-state index contributed by atoms with van der Waals surface area (Å²) in [6.45, 7) is 9.64. The third-order valence-corrected chi connectivity index (χ3v) is 4.11. The molecule has 0 bridgehead atoms. The van der Waals surface area contributed by atoms with Crippen molar-refractivity contribution in [3.8, 4) is 17.0 Å². The number of hydrogen-bond acceptors (Lipinski definition) is 4. The van der Waals surface area contributed by atoms with Gasteiger partial charge in [-0.2, -0.15) is 5.10 Å². The van der Waals surface area contributed by atoms with Gasteiger partial charge in [-0.15, -0.1) is 0 Å². The number of carboxylic acid groups (broad SMARTS) is 1. The van der Waals surface area contributed by atoms with Crippen LogP contribution in [0.15, 0.2) is 30.5 Å². The molecule has 2 aromatic rings. The molecule has 0 amide bonds. The van der Waals surface area contributed by atoms with Crippen molar-refractivity contribution in [1.29, 1.82) is 0 Å². The molecular weight excluding hydrogens is 330 g/mol. The van der Waals surface area contributed by atoms with Crippen molar-refractivity contribution in [3.05, 3.63) is 36.0 Å². The number of benzene rings is 1. The number of aliphatic carboxylic acids is 1. The van der Waals surface area contributed by atoms with E-state index in [2.05, 4.69) is 27.7 Å². The highest BCUT2D eigenvalue weighted by atomic mass is 16.5. The fourth-order valence-corrected chi connectivity index (χ4v) is 2.84. The molecule has 6 heteroatoms. The van der Waals surface area contributed by atoms with Gasteiger partial charge in [-0.05, 0) is 45.9 Å². The van der Waals surface area contributed by atoms with E-state index in [-0.39, 0.29) is 12.1 Å². The summed E-state index contributed by atoms with van der Waals surface area (Å²) in [6, 6.07) is 7.80. The first kappa shape index (κ1) is 20.0. The number of nitrogens with zero attached hydrogens (tertiary/aromatic N) is 3. The zero-order valence-electron chi connectivity index (χ0n) is 16.3. The number of ether oxygens (including phenoxy) is 1. The summed E-state index contributed by atoms with van der Waals surface area (Å²) in [7, 11) is 1.64. The van der Waals surface area contributed by atoms with Gasteiger partial charge in [0, 0.05) is 23.9 Å². The van der Waals surface area contributed by atoms with E-state index < -0.39 is 5.97 Å². The van der Waals surface area contributed by atoms with Crippen molar-refractivity contribution in [2.75, 3.05) is 20.2 Å². The molecular formula is C20H29N3O3. The minimum Gasteiger partial charge on any atom is -0.497 e. The molecule has 0 aliphatic rings. The number of aromatic nitrogens is 2. The van der Waals surface area contributed by atoms with Gasteiger partial charge in [-0.25, -0.2) is 0 Å². The van der Waals surface area contributed by atoms with Gasteiger partial charge >= 0.3 is 5.97 Å². The topological polar surface area (TPSA) is 67.6 Å². The van der Waals surface area contributed by atoms with Gasteiger partial charge in [0.1, 0.15) is 5.75 Å². The van der Waals surface area contributed by atoms with Crippen LogP contribution in [0, 0.1) is 0 Å². The van der Waals surface area contributed by atoms with Crippen molar-refractivity contribution in [2.24, 2.45) is 0 Å². The fourth-order valence-electron chi connectivity index (χ4n) is 2.84. The third kappa shape index (κ3) is 5.08. The minimum absolute atomic E-state index is 0.0199. The molecule has 0 unspecified atom stereocenters. The van der Waals surface area contributed by atoms with Gasteiger partial charge in [0.05, 0.1) is 24.9 Å². The van der Waals surface area contributed by atoms with Crippen LogP contribution >= 0.6 is 0 Å². The Balaban J connectivity index is 2.45. The molecule has 26 heavy (non-hydrogen) atoms. The minimum atomic E-state index is -0.815. The molecule has 0 aliphatic carbocycles. The second kappa shape index (κ2) is 8.36. The molecule has 0 radical (unpaired) electrons. The lowest BCUT2D eigenvalue weighted by atomic mass is 10.1. The Hall–Kier alpha value is -2.34. The lowest BCUT2D eigenvalue weighted by molar-refractivity contribution is -0.138. The van der Waals surface area contributed by atoms with Crippen LogP contribution in [0.4, 0.5) is 0 Å². The van der Waals surface area contributed by atoms with Crippen molar-refractivity contribution >= 4 is 5.97 Å². The van der Waals surface area contributed by atoms with Crippen molar-refractivity contribution in [2.45, 2.75) is 46.2 Å². The summed E-state index contributed by atoms with van der Waals surface area (Å²) in [5.74, 6) is -0.0423. The molecule has 0 aliphatic heterocycles. The van der Waals surface area contributed by atoms with Crippen LogP contribution in [-0.2, 0) is 16.9 Å². The molecule has 2 rings (SSSR count). The molecule has 142 valence electrons. The van der Waals surface area contributed by atoms with Gasteiger partial charge < -0.3 is 9.84 Å². The summed E-state index contributed by atoms with van der Waals surface area (Å²) in [4.78, 5) is 13.1. The highest BCUT2D eigenvalue weighted by Crippen LogP contribution is 2.28. The number of carboxylic acids is 1. The molecule has 1 aromatic heterocycles. The van der Waals surface area contributed by atoms with Crippen molar-refractivity contribution in [1.82, 2.24) is 14.7 Å². The normalized spacial score (nSPS) is 11.8. The van der Waals surface area contributed by atoms with E-state index in [1.807, 2.05) is 40.0 Å². The second-order valence-electron chi connectivity index (χ2n) is 7.45. The summed E-state index contributed by atoms with van der Waals surface area (Å²) >= 11 is 0. The first-order chi connectivity index (χ1) is 12.2. The quantitative estimate of drug-likeness (QED) is 0.780. The highest BCUT2D eigenvalue weighted by Gasteiger charge is 2.21. The summed E-state index contributed by atoms with van der Waals surface area (Å²) in [6.07, 6.45) is 2.93. The molecule has 0 atom stereocenters. The number of hydrogen-bond donors (Lipinski definition) is 1. The zero-order valence-corrected chi connectivity index (χ0v) is 16.3. The first-order valence-electron chi connectivity index (χ1n) is 8.92. The van der Waals surface area contributed by atoms with Gasteiger partial charge in [0.25, 0.3) is 0 Å². The van der Waals surface area contributed by atoms with Crippen LogP contribution in [0.5, 0.6) is 5.75 Å². The van der Waals surface area contributed by atoms with E-state index in [1.54, 1.807) is 7.11 Å². The maximum Gasteiger partial charge on any atom is 0.317 e. The van der Waals surface area contributed by atoms with Gasteiger partial charge in [0.15, 0.2) is 0 Å². The third-order valence-electron chi connectivity index (χ3n) is 4.11. The SMILES string of the molecule is CCCN(CC(=O)O)Cc1cn(C(C)(C)C)nc1-c1cccc(OC)c1. The number of methoxy groups -OCH3 is 1. The predicted octanol–water partition coefficient (Wildman–Crippen LogP) is 3.61. The molecule has 6 nitrogen and oxygen atoms in total. The molecule has 0 spiro atoms. The predicted molar refractivity (Wildman–Crippen MR) is 102 cm³/mol. The molecule has 0 fully saturated rings. The van der Waals surface area contributed by atoms with E-state index in [0.29, 0.717) is 6.54 Å². The largest absolute Gasteiger partial charge is 0.497 e. The lowest BCUT2D eigenvalue weighted by Gasteiger charge is -2.20. The Morgan fingerprint density at radius 3 is 2.65 bits per heavy atom. The van der Waals surface area contributed by atoms with E-state index in [4.69, 9.17) is 9.84 Å². The smallest absolute Gasteiger partial charge is 0.317 e. The van der Waals surface area contributed by atoms with Crippen LogP contribution in [0.3, 0.4) is 0 Å². The second-order valence-corrected chi connectivity index (χ2v) is 7.45. The van der Waals surface area contributed by atoms with Crippen molar-refractivity contribution < 1.29 is 14.6 Å². The maximum atomic E-state index is 11.2. The molecule has 1 aromatic carbocycles. The average molecular weight is 359 g/mol. The Morgan fingerprint density at radius 2 is 2.08 bits per heavy atom. The Morgan fingerprint density at radius 1 is 1.35 bits per heavy atom. The van der Waals surface area contributed by atoms with Crippen LogP contribution in [0.2, 0.25) is 0 Å². The van der Waals surface area contributed by atoms with Gasteiger partial charge in [-0.3, -0.25) is 14.4 Å². The molecule has 1 N–H and O–H groups in total. The zero-order chi connectivity index (χ0) is 19.3. The van der Waals surface area contributed by atoms with E-state index >= 15 is 0 Å². The van der Waals surface area contributed by atoms with Crippen LogP contribution in [-0.4, -0.2) is 46.0 Å². The molecule has 1 heterocycles. The summed E-state index contributed by atoms with van der Waals surface area (Å²) in [5.41, 5.74) is 2.69. The Kier molecular flexibility index (Phi) is 6.42. The summed E-state index contributed by atoms with van der Waals surface area (Å²) in [5, 5.41) is 14.0. The molecule has 0 saturated carbocycles. The van der Waals surface area contributed by atoms with Gasteiger partial charge in [0.2, 0.25) is 0 Å². The van der Waals surface area contributed by atoms with E-state index in [9.17, 15) is 9.90 Å². The van der Waals surface area contributed by atoms with E-state index in [1.165, 1.54) is 0 Å². The Labute approximate surface area is 155 Å². The monoisotopic (exact) mass is 359 g/mol. The van der Waals surface area contributed by atoms with Crippen LogP contribution in [0.1, 0.15) is 39.7 Å². The van der Waals surface area contributed by atoms with Crippen molar-refractivity contribution in [3.63, 3.8) is 0 Å². The maximum absolute atomic E-state index is 11.2. The van der Waals surface area contributed by atoms with E-state index in [0.717, 1.165) is 35.5 Å². The van der Waals surface area contributed by atoms with Crippen LogP contribution in [0.25, 0.3) is 11.3 Å². The highest BCUT2D eigenvalue weighted by molar-refractivity contribution is 5.69.